The van der Waals surface area contributed by atoms with Gasteiger partial charge in [0.1, 0.15) is 0 Å². The minimum Gasteiger partial charge on any atom is -0.377 e. The summed E-state index contributed by atoms with van der Waals surface area (Å²) in [6, 6.07) is 11.7. The van der Waals surface area contributed by atoms with E-state index in [1.54, 1.807) is 0 Å². The van der Waals surface area contributed by atoms with Crippen LogP contribution in [0.5, 0.6) is 0 Å². The number of benzene rings is 1. The molecule has 0 saturated carbocycles. The van der Waals surface area contributed by atoms with Gasteiger partial charge in [-0.05, 0) is 30.9 Å². The van der Waals surface area contributed by atoms with Crippen LogP contribution < -0.4 is 0 Å². The SMILES string of the molecule is C[Si](C)(C)C[C@H]1CC[C@@H](CCOCc2ccccc2)O1. The highest BCUT2D eigenvalue weighted by molar-refractivity contribution is 6.76. The Balaban J connectivity index is 1.59. The molecule has 2 atom stereocenters. The zero-order valence-electron chi connectivity index (χ0n) is 13.1. The molecule has 0 radical (unpaired) electrons. The minimum atomic E-state index is -0.990. The van der Waals surface area contributed by atoms with Gasteiger partial charge in [0.25, 0.3) is 0 Å². The van der Waals surface area contributed by atoms with Crippen molar-refractivity contribution in [3.05, 3.63) is 35.9 Å². The van der Waals surface area contributed by atoms with E-state index in [2.05, 4.69) is 43.9 Å². The van der Waals surface area contributed by atoms with Crippen LogP contribution in [0.4, 0.5) is 0 Å². The van der Waals surface area contributed by atoms with Crippen LogP contribution in [-0.4, -0.2) is 26.9 Å². The van der Waals surface area contributed by atoms with Gasteiger partial charge in [0.2, 0.25) is 0 Å². The quantitative estimate of drug-likeness (QED) is 0.545. The molecule has 0 N–H and O–H groups in total. The molecule has 1 fully saturated rings. The lowest BCUT2D eigenvalue weighted by molar-refractivity contribution is 0.0230. The van der Waals surface area contributed by atoms with Crippen LogP contribution in [0.1, 0.15) is 24.8 Å². The second-order valence-corrected chi connectivity index (χ2v) is 12.6. The zero-order chi connectivity index (χ0) is 14.4. The van der Waals surface area contributed by atoms with Crippen molar-refractivity contribution in [3.8, 4) is 0 Å². The molecule has 0 amide bonds. The summed E-state index contributed by atoms with van der Waals surface area (Å²) >= 11 is 0. The molecule has 0 aromatic heterocycles. The molecule has 0 aliphatic carbocycles. The fourth-order valence-electron chi connectivity index (χ4n) is 2.80. The molecule has 3 heteroatoms. The van der Waals surface area contributed by atoms with Crippen LogP contribution in [0.3, 0.4) is 0 Å². The average Bonchev–Trinajstić information content (AvgIpc) is 2.81. The van der Waals surface area contributed by atoms with Crippen molar-refractivity contribution in [1.29, 1.82) is 0 Å². The first-order valence-corrected chi connectivity index (χ1v) is 11.5. The molecule has 2 nitrogen and oxygen atoms in total. The van der Waals surface area contributed by atoms with E-state index >= 15 is 0 Å². The summed E-state index contributed by atoms with van der Waals surface area (Å²) < 4.78 is 11.9. The molecule has 1 aliphatic heterocycles. The Hall–Kier alpha value is -0.643. The summed E-state index contributed by atoms with van der Waals surface area (Å²) in [5.41, 5.74) is 1.25. The normalized spacial score (nSPS) is 23.1. The monoisotopic (exact) mass is 292 g/mol. The second kappa shape index (κ2) is 7.39. The molecule has 0 bridgehead atoms. The summed E-state index contributed by atoms with van der Waals surface area (Å²) in [6.45, 7) is 8.79. The Morgan fingerprint density at radius 2 is 1.80 bits per heavy atom. The molecule has 0 unspecified atom stereocenters. The van der Waals surface area contributed by atoms with Crippen LogP contribution in [0, 0.1) is 0 Å². The third-order valence-corrected chi connectivity index (χ3v) is 5.41. The van der Waals surface area contributed by atoms with Crippen LogP contribution in [0.15, 0.2) is 30.3 Å². The summed E-state index contributed by atoms with van der Waals surface area (Å²) in [7, 11) is -0.990. The summed E-state index contributed by atoms with van der Waals surface area (Å²) in [6.07, 6.45) is 4.43. The van der Waals surface area contributed by atoms with E-state index in [1.165, 1.54) is 24.4 Å². The number of hydrogen-bond acceptors (Lipinski definition) is 2. The Labute approximate surface area is 124 Å². The molecule has 1 aromatic carbocycles. The predicted molar refractivity (Wildman–Crippen MR) is 86.8 cm³/mol. The molecule has 20 heavy (non-hydrogen) atoms. The van der Waals surface area contributed by atoms with E-state index in [0.29, 0.717) is 18.8 Å². The van der Waals surface area contributed by atoms with Crippen molar-refractivity contribution in [1.82, 2.24) is 0 Å². The molecule has 2 rings (SSSR count). The van der Waals surface area contributed by atoms with Crippen molar-refractivity contribution in [2.45, 2.75) is 63.8 Å². The van der Waals surface area contributed by atoms with Gasteiger partial charge in [0.05, 0.1) is 18.8 Å². The summed E-state index contributed by atoms with van der Waals surface area (Å²) in [5.74, 6) is 0. The standard InChI is InChI=1S/C17H28O2Si/c1-20(2,3)14-17-10-9-16(19-17)11-12-18-13-15-7-5-4-6-8-15/h4-8,16-17H,9-14H2,1-3H3/t16-,17+/m0/s1. The van der Waals surface area contributed by atoms with Gasteiger partial charge in [-0.2, -0.15) is 0 Å². The molecule has 1 aliphatic rings. The van der Waals surface area contributed by atoms with Gasteiger partial charge in [-0.3, -0.25) is 0 Å². The van der Waals surface area contributed by atoms with Crippen molar-refractivity contribution < 1.29 is 9.47 Å². The fourth-order valence-corrected chi connectivity index (χ4v) is 4.47. The minimum absolute atomic E-state index is 0.423. The van der Waals surface area contributed by atoms with E-state index in [9.17, 15) is 0 Å². The third kappa shape index (κ3) is 5.78. The lowest BCUT2D eigenvalue weighted by atomic mass is 10.1. The van der Waals surface area contributed by atoms with Crippen LogP contribution in [-0.2, 0) is 16.1 Å². The van der Waals surface area contributed by atoms with Crippen molar-refractivity contribution in [2.24, 2.45) is 0 Å². The second-order valence-electron chi connectivity index (χ2n) is 7.05. The molecule has 1 aromatic rings. The largest absolute Gasteiger partial charge is 0.377 e. The number of rotatable bonds is 7. The maximum atomic E-state index is 6.14. The highest BCUT2D eigenvalue weighted by Gasteiger charge is 2.29. The van der Waals surface area contributed by atoms with Gasteiger partial charge >= 0.3 is 0 Å². The first-order valence-electron chi connectivity index (χ1n) is 7.80. The van der Waals surface area contributed by atoms with Gasteiger partial charge in [0, 0.05) is 14.7 Å². The Morgan fingerprint density at radius 1 is 1.10 bits per heavy atom. The first kappa shape index (κ1) is 15.7. The molecular formula is C17H28O2Si. The molecule has 0 spiro atoms. The highest BCUT2D eigenvalue weighted by Crippen LogP contribution is 2.28. The van der Waals surface area contributed by atoms with Gasteiger partial charge in [-0.1, -0.05) is 50.0 Å². The van der Waals surface area contributed by atoms with E-state index in [0.717, 1.165) is 13.0 Å². The van der Waals surface area contributed by atoms with Gasteiger partial charge in [-0.25, -0.2) is 0 Å². The molecular weight excluding hydrogens is 264 g/mol. The van der Waals surface area contributed by atoms with Crippen molar-refractivity contribution in [2.75, 3.05) is 6.61 Å². The number of hydrogen-bond donors (Lipinski definition) is 0. The van der Waals surface area contributed by atoms with Crippen LogP contribution in [0.25, 0.3) is 0 Å². The summed E-state index contributed by atoms with van der Waals surface area (Å²) in [5, 5.41) is 0. The highest BCUT2D eigenvalue weighted by atomic mass is 28.3. The van der Waals surface area contributed by atoms with E-state index < -0.39 is 8.07 Å². The molecule has 112 valence electrons. The number of ether oxygens (including phenoxy) is 2. The van der Waals surface area contributed by atoms with Crippen molar-refractivity contribution in [3.63, 3.8) is 0 Å². The van der Waals surface area contributed by atoms with E-state index in [1.807, 2.05) is 6.07 Å². The third-order valence-electron chi connectivity index (χ3n) is 3.73. The zero-order valence-corrected chi connectivity index (χ0v) is 14.1. The lowest BCUT2D eigenvalue weighted by Gasteiger charge is -2.21. The Bertz CT molecular complexity index is 386. The summed E-state index contributed by atoms with van der Waals surface area (Å²) in [4.78, 5) is 0. The van der Waals surface area contributed by atoms with Gasteiger partial charge in [-0.15, -0.1) is 0 Å². The van der Waals surface area contributed by atoms with Crippen LogP contribution in [0.2, 0.25) is 25.7 Å². The van der Waals surface area contributed by atoms with E-state index in [4.69, 9.17) is 9.47 Å². The van der Waals surface area contributed by atoms with Crippen LogP contribution >= 0.6 is 0 Å². The maximum absolute atomic E-state index is 6.14. The van der Waals surface area contributed by atoms with Crippen molar-refractivity contribution >= 4 is 8.07 Å². The lowest BCUT2D eigenvalue weighted by Crippen LogP contribution is -2.27. The molecule has 1 heterocycles. The smallest absolute Gasteiger partial charge is 0.0716 e. The topological polar surface area (TPSA) is 18.5 Å². The predicted octanol–water partition coefficient (Wildman–Crippen LogP) is 4.48. The first-order chi connectivity index (χ1) is 9.53. The molecule has 1 saturated heterocycles. The Kier molecular flexibility index (Phi) is 5.82. The Morgan fingerprint density at radius 3 is 2.50 bits per heavy atom. The van der Waals surface area contributed by atoms with Gasteiger partial charge in [0.15, 0.2) is 0 Å². The fraction of sp³-hybridized carbons (Fsp3) is 0.647. The van der Waals surface area contributed by atoms with Gasteiger partial charge < -0.3 is 9.47 Å². The van der Waals surface area contributed by atoms with E-state index in [-0.39, 0.29) is 0 Å². The maximum Gasteiger partial charge on any atom is 0.0716 e. The average molecular weight is 292 g/mol.